The van der Waals surface area contributed by atoms with Crippen molar-refractivity contribution in [1.82, 2.24) is 4.90 Å². The molecular formula is C54H61NO8. The van der Waals surface area contributed by atoms with Crippen molar-refractivity contribution in [3.63, 3.8) is 0 Å². The first-order valence-corrected chi connectivity index (χ1v) is 22.5. The van der Waals surface area contributed by atoms with Gasteiger partial charge in [0.1, 0.15) is 28.4 Å². The second-order valence-electron chi connectivity index (χ2n) is 19.7. The first kappa shape index (κ1) is 44.1. The number of ether oxygens (including phenoxy) is 3. The van der Waals surface area contributed by atoms with Crippen molar-refractivity contribution in [3.8, 4) is 17.2 Å². The van der Waals surface area contributed by atoms with Crippen molar-refractivity contribution in [2.45, 2.75) is 136 Å². The van der Waals surface area contributed by atoms with Crippen molar-refractivity contribution in [3.05, 3.63) is 117 Å². The SMILES string of the molecule is CC(C)=CCCC1(C)C=Cc2c(O)c3c(c(CC=C(C)C)c2O1)OC12C(=C[C@@H]4C[C@@H]1C(C)(C)OC2(C/C=C(/C)C(=O)N(C)C(C)C(=O)CCc1cccc2ccccc12)C4=O)C3=O. The molecule has 6 aliphatic rings. The van der Waals surface area contributed by atoms with E-state index in [0.717, 1.165) is 28.3 Å². The largest absolute Gasteiger partial charge is 0.506 e. The fourth-order valence-corrected chi connectivity index (χ4v) is 10.8. The summed E-state index contributed by atoms with van der Waals surface area (Å²) in [7, 11) is 1.63. The third-order valence-electron chi connectivity index (χ3n) is 14.4. The smallest absolute Gasteiger partial charge is 0.249 e. The van der Waals surface area contributed by atoms with Crippen LogP contribution in [0.1, 0.15) is 121 Å². The van der Waals surface area contributed by atoms with Gasteiger partial charge >= 0.3 is 0 Å². The topological polar surface area (TPSA) is 119 Å². The molecule has 1 spiro atoms. The number of aryl methyl sites for hydroxylation is 1. The van der Waals surface area contributed by atoms with Gasteiger partial charge in [-0.3, -0.25) is 19.2 Å². The summed E-state index contributed by atoms with van der Waals surface area (Å²) in [6.07, 6.45) is 14.5. The monoisotopic (exact) mass is 851 g/mol. The van der Waals surface area contributed by atoms with Crippen LogP contribution in [0.5, 0.6) is 17.2 Å². The molecule has 0 radical (unpaired) electrons. The number of allylic oxidation sites excluding steroid dienone is 5. The maximum atomic E-state index is 15.2. The second kappa shape index (κ2) is 15.9. The summed E-state index contributed by atoms with van der Waals surface area (Å²) in [6, 6.07) is 13.5. The van der Waals surface area contributed by atoms with Crippen molar-refractivity contribution < 1.29 is 38.5 Å². The van der Waals surface area contributed by atoms with Gasteiger partial charge in [0.05, 0.1) is 17.2 Å². The number of phenols is 1. The summed E-state index contributed by atoms with van der Waals surface area (Å²) < 4.78 is 21.2. The molecule has 3 aromatic rings. The van der Waals surface area contributed by atoms with E-state index in [1.165, 1.54) is 10.5 Å². The number of benzene rings is 3. The molecule has 4 unspecified atom stereocenters. The van der Waals surface area contributed by atoms with Gasteiger partial charge < -0.3 is 24.2 Å². The van der Waals surface area contributed by atoms with Crippen LogP contribution >= 0.6 is 0 Å². The lowest BCUT2D eigenvalue weighted by Gasteiger charge is -2.56. The van der Waals surface area contributed by atoms with E-state index in [4.69, 9.17) is 14.2 Å². The first-order chi connectivity index (χ1) is 29.7. The fourth-order valence-electron chi connectivity index (χ4n) is 10.8. The molecule has 3 heterocycles. The van der Waals surface area contributed by atoms with Crippen molar-refractivity contribution >= 4 is 40.1 Å². The highest BCUT2D eigenvalue weighted by molar-refractivity contribution is 6.19. The number of rotatable bonds is 13. The molecule has 1 N–H and O–H groups in total. The maximum Gasteiger partial charge on any atom is 0.249 e. The molecule has 4 bridgehead atoms. The van der Waals surface area contributed by atoms with Gasteiger partial charge in [-0.15, -0.1) is 0 Å². The zero-order valence-electron chi connectivity index (χ0n) is 38.4. The van der Waals surface area contributed by atoms with E-state index in [0.29, 0.717) is 53.7 Å². The van der Waals surface area contributed by atoms with Crippen LogP contribution in [0.4, 0.5) is 0 Å². The molecule has 9 nitrogen and oxygen atoms in total. The van der Waals surface area contributed by atoms with Gasteiger partial charge in [0.2, 0.25) is 5.91 Å². The van der Waals surface area contributed by atoms with Gasteiger partial charge in [0, 0.05) is 48.4 Å². The minimum Gasteiger partial charge on any atom is -0.506 e. The van der Waals surface area contributed by atoms with Gasteiger partial charge in [-0.2, -0.15) is 0 Å². The predicted molar refractivity (Wildman–Crippen MR) is 246 cm³/mol. The molecule has 9 heteroatoms. The molecule has 0 aromatic heterocycles. The van der Waals surface area contributed by atoms with Crippen molar-refractivity contribution in [2.24, 2.45) is 11.8 Å². The summed E-state index contributed by atoms with van der Waals surface area (Å²) >= 11 is 0. The van der Waals surface area contributed by atoms with Crippen LogP contribution in [0, 0.1) is 11.8 Å². The number of aromatic hydroxyl groups is 1. The Hall–Kier alpha value is -5.54. The number of nitrogens with zero attached hydrogens (tertiary/aromatic N) is 1. The predicted octanol–water partition coefficient (Wildman–Crippen LogP) is 10.4. The number of fused-ring (bicyclic) bond motifs is 3. The van der Waals surface area contributed by atoms with Crippen molar-refractivity contribution in [2.75, 3.05) is 7.05 Å². The van der Waals surface area contributed by atoms with Crippen LogP contribution in [0.15, 0.2) is 95.1 Å². The molecule has 6 atom stereocenters. The first-order valence-electron chi connectivity index (χ1n) is 22.5. The number of hydrogen-bond acceptors (Lipinski definition) is 8. The molecule has 330 valence electrons. The zero-order chi connectivity index (χ0) is 45.4. The van der Waals surface area contributed by atoms with Crippen LogP contribution < -0.4 is 9.47 Å². The van der Waals surface area contributed by atoms with Crippen LogP contribution in [-0.4, -0.2) is 68.8 Å². The highest BCUT2D eigenvalue weighted by atomic mass is 16.6. The number of likely N-dealkylation sites (N-methyl/N-ethyl adjacent to an activating group) is 1. The summed E-state index contributed by atoms with van der Waals surface area (Å²) in [4.78, 5) is 59.2. The van der Waals surface area contributed by atoms with E-state index in [1.807, 2.05) is 77.1 Å². The average Bonchev–Trinajstić information content (AvgIpc) is 3.40. The summed E-state index contributed by atoms with van der Waals surface area (Å²) in [6.45, 7) is 17.4. The molecule has 3 aliphatic carbocycles. The van der Waals surface area contributed by atoms with Crippen LogP contribution in [-0.2, 0) is 32.0 Å². The Morgan fingerprint density at radius 1 is 0.937 bits per heavy atom. The standard InChI is InChI=1S/C54H61NO8/c1-31(2)15-14-26-52(9)27-25-39-45(57)44-46(58)41-29-37-30-43-51(7,8)63-53(49(37)59,54(41,43)62-48(44)40(47(39)61-52)22-20-32(3)4)28-24-33(5)50(60)55(10)34(6)42(56)23-21-36-18-13-17-35-16-11-12-19-38(35)36/h11-13,15-20,24-25,27,29,34,37,43,57H,14,21-23,26,28,30H2,1-10H3/b33-24-/t34?,37-,43-,52?,53?,54?/m1/s1. The summed E-state index contributed by atoms with van der Waals surface area (Å²) in [5.74, 6) is -1.62. The lowest BCUT2D eigenvalue weighted by atomic mass is 9.51. The number of phenolic OH excluding ortho intramolecular Hbond substituents is 1. The number of amides is 1. The third-order valence-corrected chi connectivity index (χ3v) is 14.4. The Kier molecular flexibility index (Phi) is 11.1. The summed E-state index contributed by atoms with van der Waals surface area (Å²) in [5, 5.41) is 14.3. The van der Waals surface area contributed by atoms with E-state index in [1.54, 1.807) is 33.0 Å². The van der Waals surface area contributed by atoms with Gasteiger partial charge in [-0.05, 0) is 123 Å². The number of ketones is 3. The molecule has 2 fully saturated rings. The Morgan fingerprint density at radius 3 is 2.38 bits per heavy atom. The molecular weight excluding hydrogens is 791 g/mol. The lowest BCUT2D eigenvalue weighted by Crippen LogP contribution is -2.72. The van der Waals surface area contributed by atoms with Crippen LogP contribution in [0.25, 0.3) is 16.8 Å². The molecule has 9 rings (SSSR count). The van der Waals surface area contributed by atoms with E-state index < -0.39 is 46.1 Å². The van der Waals surface area contributed by atoms with E-state index in [9.17, 15) is 19.5 Å². The fraction of sp³-hybridized carbons (Fsp3) is 0.444. The molecule has 1 amide bonds. The number of carbonyl (C=O) groups excluding carboxylic acids is 4. The zero-order valence-corrected chi connectivity index (χ0v) is 38.4. The minimum atomic E-state index is -1.67. The quantitative estimate of drug-likeness (QED) is 0.133. The van der Waals surface area contributed by atoms with Crippen LogP contribution in [0.2, 0.25) is 0 Å². The van der Waals surface area contributed by atoms with Crippen LogP contribution in [0.3, 0.4) is 0 Å². The van der Waals surface area contributed by atoms with Gasteiger partial charge in [0.15, 0.2) is 28.6 Å². The Bertz CT molecular complexity index is 2610. The number of carbonyl (C=O) groups is 4. The lowest BCUT2D eigenvalue weighted by molar-refractivity contribution is -0.171. The Balaban J connectivity index is 1.14. The summed E-state index contributed by atoms with van der Waals surface area (Å²) in [5.41, 5.74) is 0.255. The highest BCUT2D eigenvalue weighted by Crippen LogP contribution is 2.68. The molecule has 3 aromatic carbocycles. The maximum absolute atomic E-state index is 15.2. The normalized spacial score (nSPS) is 26.4. The number of Topliss-reactive ketones (excluding diaryl/α,β-unsaturated/α-hetero) is 3. The van der Waals surface area contributed by atoms with Gasteiger partial charge in [-0.1, -0.05) is 77.9 Å². The van der Waals surface area contributed by atoms with Crippen molar-refractivity contribution in [1.29, 1.82) is 0 Å². The minimum absolute atomic E-state index is 0.0427. The van der Waals surface area contributed by atoms with E-state index >= 15 is 4.79 Å². The average molecular weight is 852 g/mol. The van der Waals surface area contributed by atoms with Gasteiger partial charge in [-0.25, -0.2) is 0 Å². The Labute approximate surface area is 371 Å². The Morgan fingerprint density at radius 2 is 1.65 bits per heavy atom. The highest BCUT2D eigenvalue weighted by Gasteiger charge is 2.81. The molecule has 63 heavy (non-hydrogen) atoms. The van der Waals surface area contributed by atoms with Gasteiger partial charge in [0.25, 0.3) is 0 Å². The number of hydrogen-bond donors (Lipinski definition) is 1. The molecule has 1 saturated heterocycles. The van der Waals surface area contributed by atoms with E-state index in [-0.39, 0.29) is 47.4 Å². The van der Waals surface area contributed by atoms with E-state index in [2.05, 4.69) is 38.1 Å². The molecule has 1 saturated carbocycles. The third kappa shape index (κ3) is 7.11. The molecule has 3 aliphatic heterocycles. The second-order valence-corrected chi connectivity index (χ2v) is 19.7.